The summed E-state index contributed by atoms with van der Waals surface area (Å²) in [6, 6.07) is 11.5. The highest BCUT2D eigenvalue weighted by molar-refractivity contribution is 7.92. The number of ether oxygens (including phenoxy) is 2. The van der Waals surface area contributed by atoms with E-state index in [1.165, 1.54) is 13.2 Å². The molecule has 7 heteroatoms. The van der Waals surface area contributed by atoms with E-state index < -0.39 is 9.84 Å². The minimum Gasteiger partial charge on any atom is -0.493 e. The molecular formula is C23H29NO5S. The molecule has 3 rings (SSSR count). The molecule has 1 amide bonds. The lowest BCUT2D eigenvalue weighted by atomic mass is 10.2. The van der Waals surface area contributed by atoms with Gasteiger partial charge < -0.3 is 14.8 Å². The van der Waals surface area contributed by atoms with Gasteiger partial charge in [0, 0.05) is 11.3 Å². The Bertz CT molecular complexity index is 981. The number of rotatable bonds is 9. The zero-order valence-electron chi connectivity index (χ0n) is 17.5. The summed E-state index contributed by atoms with van der Waals surface area (Å²) in [7, 11) is -1.85. The highest BCUT2D eigenvalue weighted by Crippen LogP contribution is 2.31. The van der Waals surface area contributed by atoms with Gasteiger partial charge in [0.05, 0.1) is 23.9 Å². The van der Waals surface area contributed by atoms with Crippen molar-refractivity contribution in [1.29, 1.82) is 0 Å². The molecule has 0 bridgehead atoms. The van der Waals surface area contributed by atoms with Crippen molar-refractivity contribution < 1.29 is 22.7 Å². The van der Waals surface area contributed by atoms with Crippen LogP contribution in [0, 0.1) is 0 Å². The van der Waals surface area contributed by atoms with Crippen LogP contribution in [-0.2, 0) is 9.84 Å². The summed E-state index contributed by atoms with van der Waals surface area (Å²) in [6.45, 7) is 2.67. The smallest absolute Gasteiger partial charge is 0.255 e. The second-order valence-corrected chi connectivity index (χ2v) is 9.73. The van der Waals surface area contributed by atoms with Crippen molar-refractivity contribution in [1.82, 2.24) is 0 Å². The molecular weight excluding hydrogens is 402 g/mol. The lowest BCUT2D eigenvalue weighted by Crippen LogP contribution is -2.18. The van der Waals surface area contributed by atoms with Gasteiger partial charge in [-0.05, 0) is 55.7 Å². The molecule has 1 aliphatic carbocycles. The molecule has 0 radical (unpaired) electrons. The van der Waals surface area contributed by atoms with Gasteiger partial charge in [0.15, 0.2) is 21.3 Å². The van der Waals surface area contributed by atoms with Crippen LogP contribution in [-0.4, -0.2) is 33.3 Å². The number of carbonyl (C=O) groups excluding carboxylic acids is 1. The Labute approximate surface area is 178 Å². The molecule has 0 aliphatic heterocycles. The first-order valence-corrected chi connectivity index (χ1v) is 12.0. The van der Waals surface area contributed by atoms with Crippen molar-refractivity contribution in [2.75, 3.05) is 19.0 Å². The van der Waals surface area contributed by atoms with E-state index in [4.69, 9.17) is 9.47 Å². The molecule has 1 fully saturated rings. The summed E-state index contributed by atoms with van der Waals surface area (Å²) in [5, 5.41) is 2.46. The number of hydrogen-bond acceptors (Lipinski definition) is 5. The molecule has 162 valence electrons. The fourth-order valence-electron chi connectivity index (χ4n) is 3.60. The fourth-order valence-corrected chi connectivity index (χ4v) is 5.50. The molecule has 0 atom stereocenters. The Hall–Kier alpha value is -2.54. The van der Waals surface area contributed by atoms with E-state index >= 15 is 0 Å². The monoisotopic (exact) mass is 431 g/mol. The molecule has 1 N–H and O–H groups in total. The third kappa shape index (κ3) is 5.14. The Morgan fingerprint density at radius 2 is 1.87 bits per heavy atom. The summed E-state index contributed by atoms with van der Waals surface area (Å²) < 4.78 is 36.7. The third-order valence-electron chi connectivity index (χ3n) is 5.34. The molecule has 30 heavy (non-hydrogen) atoms. The number of anilines is 1. The number of methoxy groups -OCH3 is 1. The van der Waals surface area contributed by atoms with Crippen LogP contribution in [0.3, 0.4) is 0 Å². The van der Waals surface area contributed by atoms with Crippen LogP contribution in [0.25, 0.3) is 0 Å². The van der Waals surface area contributed by atoms with Gasteiger partial charge in [0.2, 0.25) is 0 Å². The van der Waals surface area contributed by atoms with Gasteiger partial charge in [0.1, 0.15) is 0 Å². The number of nitrogens with one attached hydrogen (secondary N) is 1. The SMILES string of the molecule is CCCCOc1ccc(C(=O)Nc2cccc(S(=O)(=O)C3CCCC3)c2)cc1OC. The van der Waals surface area contributed by atoms with E-state index in [0.717, 1.165) is 25.7 Å². The van der Waals surface area contributed by atoms with E-state index in [0.29, 0.717) is 42.2 Å². The normalized spacial score (nSPS) is 14.5. The van der Waals surface area contributed by atoms with Crippen molar-refractivity contribution in [3.63, 3.8) is 0 Å². The van der Waals surface area contributed by atoms with Crippen molar-refractivity contribution >= 4 is 21.4 Å². The predicted molar refractivity (Wildman–Crippen MR) is 117 cm³/mol. The standard InChI is InChI=1S/C23H29NO5S/c1-3-4-14-29-21-13-12-17(15-22(21)28-2)23(25)24-18-8-7-11-20(16-18)30(26,27)19-9-5-6-10-19/h7-8,11-13,15-16,19H,3-6,9-10,14H2,1-2H3,(H,24,25). The zero-order valence-corrected chi connectivity index (χ0v) is 18.3. The van der Waals surface area contributed by atoms with Crippen molar-refractivity contribution in [2.45, 2.75) is 55.6 Å². The molecule has 0 heterocycles. The van der Waals surface area contributed by atoms with E-state index in [2.05, 4.69) is 12.2 Å². The minimum absolute atomic E-state index is 0.254. The highest BCUT2D eigenvalue weighted by Gasteiger charge is 2.30. The zero-order chi connectivity index (χ0) is 21.6. The summed E-state index contributed by atoms with van der Waals surface area (Å²) >= 11 is 0. The summed E-state index contributed by atoms with van der Waals surface area (Å²) in [5.74, 6) is 0.729. The van der Waals surface area contributed by atoms with Gasteiger partial charge >= 0.3 is 0 Å². The number of benzene rings is 2. The molecule has 2 aromatic carbocycles. The molecule has 0 unspecified atom stereocenters. The Morgan fingerprint density at radius 3 is 2.57 bits per heavy atom. The lowest BCUT2D eigenvalue weighted by Gasteiger charge is -2.14. The number of amides is 1. The topological polar surface area (TPSA) is 81.7 Å². The van der Waals surface area contributed by atoms with Gasteiger partial charge in [-0.1, -0.05) is 32.3 Å². The van der Waals surface area contributed by atoms with Gasteiger partial charge in [-0.25, -0.2) is 8.42 Å². The molecule has 0 aromatic heterocycles. The maximum Gasteiger partial charge on any atom is 0.255 e. The first kappa shape index (κ1) is 22.2. The lowest BCUT2D eigenvalue weighted by molar-refractivity contribution is 0.102. The number of sulfone groups is 1. The summed E-state index contributed by atoms with van der Waals surface area (Å²) in [4.78, 5) is 13.0. The van der Waals surface area contributed by atoms with Gasteiger partial charge in [-0.15, -0.1) is 0 Å². The first-order chi connectivity index (χ1) is 14.5. The van der Waals surface area contributed by atoms with Gasteiger partial charge in [0.25, 0.3) is 5.91 Å². The minimum atomic E-state index is -3.38. The molecule has 1 saturated carbocycles. The van der Waals surface area contributed by atoms with E-state index in [-0.39, 0.29) is 16.1 Å². The van der Waals surface area contributed by atoms with Crippen LogP contribution >= 0.6 is 0 Å². The average Bonchev–Trinajstić information content (AvgIpc) is 3.30. The second kappa shape index (κ2) is 9.98. The second-order valence-electron chi connectivity index (χ2n) is 7.50. The quantitative estimate of drug-likeness (QED) is 0.575. The maximum atomic E-state index is 12.8. The van der Waals surface area contributed by atoms with Crippen molar-refractivity contribution in [3.8, 4) is 11.5 Å². The van der Waals surface area contributed by atoms with Crippen LogP contribution in [0.5, 0.6) is 11.5 Å². The highest BCUT2D eigenvalue weighted by atomic mass is 32.2. The Morgan fingerprint density at radius 1 is 1.10 bits per heavy atom. The first-order valence-electron chi connectivity index (χ1n) is 10.4. The summed E-state index contributed by atoms with van der Waals surface area (Å²) in [5.41, 5.74) is 0.847. The molecule has 0 saturated heterocycles. The molecule has 1 aliphatic rings. The molecule has 6 nitrogen and oxygen atoms in total. The predicted octanol–water partition coefficient (Wildman–Crippen LogP) is 4.84. The number of carbonyl (C=O) groups is 1. The molecule has 2 aromatic rings. The maximum absolute atomic E-state index is 12.8. The van der Waals surface area contributed by atoms with Crippen LogP contribution in [0.15, 0.2) is 47.4 Å². The fraction of sp³-hybridized carbons (Fsp3) is 0.435. The van der Waals surface area contributed by atoms with Crippen LogP contribution in [0.2, 0.25) is 0 Å². The summed E-state index contributed by atoms with van der Waals surface area (Å²) in [6.07, 6.45) is 5.25. The largest absolute Gasteiger partial charge is 0.493 e. The van der Waals surface area contributed by atoms with E-state index in [1.54, 1.807) is 36.4 Å². The Balaban J connectivity index is 1.74. The van der Waals surface area contributed by atoms with Gasteiger partial charge in [-0.2, -0.15) is 0 Å². The third-order valence-corrected chi connectivity index (χ3v) is 7.60. The molecule has 0 spiro atoms. The van der Waals surface area contributed by atoms with E-state index in [9.17, 15) is 13.2 Å². The number of hydrogen-bond donors (Lipinski definition) is 1. The van der Waals surface area contributed by atoms with E-state index in [1.807, 2.05) is 0 Å². The van der Waals surface area contributed by atoms with Crippen LogP contribution < -0.4 is 14.8 Å². The van der Waals surface area contributed by atoms with Crippen LogP contribution in [0.1, 0.15) is 55.8 Å². The number of unbranched alkanes of at least 4 members (excludes halogenated alkanes) is 1. The Kier molecular flexibility index (Phi) is 7.37. The van der Waals surface area contributed by atoms with Crippen molar-refractivity contribution in [2.24, 2.45) is 0 Å². The van der Waals surface area contributed by atoms with Gasteiger partial charge in [-0.3, -0.25) is 4.79 Å². The average molecular weight is 432 g/mol. The van der Waals surface area contributed by atoms with Crippen molar-refractivity contribution in [3.05, 3.63) is 48.0 Å². The van der Waals surface area contributed by atoms with Crippen LogP contribution in [0.4, 0.5) is 5.69 Å².